The molecule has 0 unspecified atom stereocenters. The zero-order valence-electron chi connectivity index (χ0n) is 8.95. The van der Waals surface area contributed by atoms with Gasteiger partial charge in [0.1, 0.15) is 21.3 Å². The van der Waals surface area contributed by atoms with Crippen molar-refractivity contribution in [3.05, 3.63) is 29.2 Å². The third-order valence-corrected chi connectivity index (χ3v) is 5.34. The maximum absolute atomic E-state index is 11.9. The van der Waals surface area contributed by atoms with Crippen molar-refractivity contribution in [2.24, 2.45) is 5.73 Å². The second-order valence-corrected chi connectivity index (χ2v) is 6.76. The van der Waals surface area contributed by atoms with Crippen LogP contribution >= 0.6 is 23.6 Å². The predicted octanol–water partition coefficient (Wildman–Crippen LogP) is -0.0211. The summed E-state index contributed by atoms with van der Waals surface area (Å²) in [5, 5.41) is 6.18. The number of nitrogens with zero attached hydrogens (tertiary/aromatic N) is 2. The van der Waals surface area contributed by atoms with E-state index in [0.717, 1.165) is 11.3 Å². The highest BCUT2D eigenvalue weighted by Crippen LogP contribution is 2.21. The third-order valence-electron chi connectivity index (χ3n) is 1.98. The number of hydrogen-bond donors (Lipinski definition) is 3. The fourth-order valence-electron chi connectivity index (χ4n) is 1.15. The standard InChI is InChI=1S/C8H9N5O2S3/c9-8(16)5-1-2-7(17-5)18(14,15)12-3-6-10-4-11-13-6/h1-2,4,12H,3H2,(H2,9,16)(H,10,11,13). The molecule has 0 aromatic carbocycles. The average Bonchev–Trinajstić information content (AvgIpc) is 2.98. The molecule has 0 radical (unpaired) electrons. The summed E-state index contributed by atoms with van der Waals surface area (Å²) >= 11 is 5.80. The highest BCUT2D eigenvalue weighted by Gasteiger charge is 2.17. The van der Waals surface area contributed by atoms with Gasteiger partial charge in [-0.3, -0.25) is 5.10 Å². The van der Waals surface area contributed by atoms with Gasteiger partial charge in [0, 0.05) is 0 Å². The molecule has 7 nitrogen and oxygen atoms in total. The molecule has 2 aromatic rings. The molecule has 0 fully saturated rings. The van der Waals surface area contributed by atoms with Crippen LogP contribution in [-0.4, -0.2) is 28.6 Å². The van der Waals surface area contributed by atoms with Crippen LogP contribution in [0.1, 0.15) is 10.7 Å². The molecular formula is C8H9N5O2S3. The van der Waals surface area contributed by atoms with Crippen LogP contribution < -0.4 is 10.5 Å². The van der Waals surface area contributed by atoms with E-state index in [1.165, 1.54) is 12.4 Å². The number of rotatable bonds is 5. The van der Waals surface area contributed by atoms with Crippen LogP contribution in [0.3, 0.4) is 0 Å². The summed E-state index contributed by atoms with van der Waals surface area (Å²) in [5.74, 6) is 0.435. The largest absolute Gasteiger partial charge is 0.389 e. The first-order chi connectivity index (χ1) is 8.49. The van der Waals surface area contributed by atoms with Crippen molar-refractivity contribution in [3.63, 3.8) is 0 Å². The Bertz CT molecular complexity index is 646. The van der Waals surface area contributed by atoms with Crippen LogP contribution in [0.2, 0.25) is 0 Å². The van der Waals surface area contributed by atoms with Crippen LogP contribution in [-0.2, 0) is 16.6 Å². The van der Waals surface area contributed by atoms with Crippen LogP contribution in [0.4, 0.5) is 0 Å². The molecule has 0 aliphatic carbocycles. The van der Waals surface area contributed by atoms with Gasteiger partial charge < -0.3 is 5.73 Å². The van der Waals surface area contributed by atoms with E-state index in [4.69, 9.17) is 18.0 Å². The Kier molecular flexibility index (Phi) is 3.71. The highest BCUT2D eigenvalue weighted by atomic mass is 32.2. The number of nitrogens with one attached hydrogen (secondary N) is 2. The zero-order valence-corrected chi connectivity index (χ0v) is 11.4. The SMILES string of the molecule is NC(=S)c1ccc(S(=O)(=O)NCc2ncn[nH]2)s1. The minimum absolute atomic E-state index is 0.0443. The third kappa shape index (κ3) is 2.90. The van der Waals surface area contributed by atoms with Crippen LogP contribution in [0.15, 0.2) is 22.7 Å². The van der Waals surface area contributed by atoms with Crippen molar-refractivity contribution in [1.82, 2.24) is 19.9 Å². The number of H-pyrrole nitrogens is 1. The van der Waals surface area contributed by atoms with Crippen molar-refractivity contribution in [3.8, 4) is 0 Å². The number of hydrogen-bond acceptors (Lipinski definition) is 6. The predicted molar refractivity (Wildman–Crippen MR) is 70.6 cm³/mol. The summed E-state index contributed by atoms with van der Waals surface area (Å²) in [4.78, 5) is 4.55. The van der Waals surface area contributed by atoms with Crippen molar-refractivity contribution in [2.45, 2.75) is 10.8 Å². The van der Waals surface area contributed by atoms with Gasteiger partial charge in [0.25, 0.3) is 0 Å². The Labute approximate surface area is 112 Å². The Morgan fingerprint density at radius 3 is 2.89 bits per heavy atom. The number of sulfonamides is 1. The van der Waals surface area contributed by atoms with Crippen LogP contribution in [0, 0.1) is 0 Å². The smallest absolute Gasteiger partial charge is 0.250 e. The molecule has 4 N–H and O–H groups in total. The van der Waals surface area contributed by atoms with E-state index in [-0.39, 0.29) is 15.7 Å². The van der Waals surface area contributed by atoms with Gasteiger partial charge in [-0.1, -0.05) is 12.2 Å². The summed E-state index contributed by atoms with van der Waals surface area (Å²) < 4.78 is 26.4. The van der Waals surface area contributed by atoms with Crippen molar-refractivity contribution >= 4 is 38.6 Å². The minimum Gasteiger partial charge on any atom is -0.389 e. The van der Waals surface area contributed by atoms with Crippen molar-refractivity contribution < 1.29 is 8.42 Å². The zero-order chi connectivity index (χ0) is 13.2. The van der Waals surface area contributed by atoms with Gasteiger partial charge >= 0.3 is 0 Å². The maximum Gasteiger partial charge on any atom is 0.250 e. The lowest BCUT2D eigenvalue weighted by Gasteiger charge is -2.01. The molecule has 0 bridgehead atoms. The number of aromatic amines is 1. The van der Waals surface area contributed by atoms with E-state index in [9.17, 15) is 8.42 Å². The molecular weight excluding hydrogens is 294 g/mol. The molecule has 96 valence electrons. The molecule has 18 heavy (non-hydrogen) atoms. The molecule has 2 heterocycles. The Morgan fingerprint density at radius 1 is 1.56 bits per heavy atom. The second-order valence-electron chi connectivity index (χ2n) is 3.24. The second kappa shape index (κ2) is 5.10. The maximum atomic E-state index is 11.9. The summed E-state index contributed by atoms with van der Waals surface area (Å²) in [7, 11) is -3.58. The van der Waals surface area contributed by atoms with Gasteiger partial charge in [-0.25, -0.2) is 18.1 Å². The number of thiocarbonyl (C=S) groups is 1. The summed E-state index contributed by atoms with van der Waals surface area (Å²) in [6.45, 7) is 0.0443. The van der Waals surface area contributed by atoms with E-state index in [1.54, 1.807) is 6.07 Å². The molecule has 0 amide bonds. The van der Waals surface area contributed by atoms with Gasteiger partial charge in [-0.05, 0) is 12.1 Å². The average molecular weight is 303 g/mol. The van der Waals surface area contributed by atoms with E-state index < -0.39 is 10.0 Å². The van der Waals surface area contributed by atoms with Crippen molar-refractivity contribution in [1.29, 1.82) is 0 Å². The lowest BCUT2D eigenvalue weighted by Crippen LogP contribution is -2.23. The molecule has 0 saturated carbocycles. The fourth-order valence-corrected chi connectivity index (χ4v) is 3.53. The Hall–Kier alpha value is -1.36. The molecule has 0 aliphatic heterocycles. The van der Waals surface area contributed by atoms with Crippen molar-refractivity contribution in [2.75, 3.05) is 0 Å². The molecule has 0 atom stereocenters. The lowest BCUT2D eigenvalue weighted by molar-refractivity contribution is 0.581. The number of thiophene rings is 1. The van der Waals surface area contributed by atoms with E-state index in [1.807, 2.05) is 0 Å². The van der Waals surface area contributed by atoms with Gasteiger partial charge in [-0.2, -0.15) is 5.10 Å². The Balaban J connectivity index is 2.12. The van der Waals surface area contributed by atoms with E-state index >= 15 is 0 Å². The van der Waals surface area contributed by atoms with Gasteiger partial charge in [-0.15, -0.1) is 11.3 Å². The molecule has 0 spiro atoms. The first-order valence-corrected chi connectivity index (χ1v) is 7.43. The summed E-state index contributed by atoms with van der Waals surface area (Å²) in [5.41, 5.74) is 5.42. The fraction of sp³-hybridized carbons (Fsp3) is 0.125. The van der Waals surface area contributed by atoms with Crippen LogP contribution in [0.25, 0.3) is 0 Å². The lowest BCUT2D eigenvalue weighted by atomic mass is 10.5. The molecule has 2 aromatic heterocycles. The molecule has 0 saturated heterocycles. The van der Waals surface area contributed by atoms with Gasteiger partial charge in [0.2, 0.25) is 10.0 Å². The van der Waals surface area contributed by atoms with Gasteiger partial charge in [0.15, 0.2) is 0 Å². The van der Waals surface area contributed by atoms with E-state index in [0.29, 0.717) is 10.7 Å². The van der Waals surface area contributed by atoms with Gasteiger partial charge in [0.05, 0.1) is 11.4 Å². The molecule has 0 aliphatic rings. The topological polar surface area (TPSA) is 114 Å². The number of aromatic nitrogens is 3. The number of nitrogens with two attached hydrogens (primary N) is 1. The molecule has 10 heteroatoms. The first-order valence-electron chi connectivity index (χ1n) is 4.72. The minimum atomic E-state index is -3.58. The summed E-state index contributed by atoms with van der Waals surface area (Å²) in [6.07, 6.45) is 1.31. The quantitative estimate of drug-likeness (QED) is 0.669. The Morgan fingerprint density at radius 2 is 2.33 bits per heavy atom. The normalized spacial score (nSPS) is 11.6. The van der Waals surface area contributed by atoms with E-state index in [2.05, 4.69) is 19.9 Å². The summed E-state index contributed by atoms with van der Waals surface area (Å²) in [6, 6.07) is 3.04. The van der Waals surface area contributed by atoms with Crippen LogP contribution in [0.5, 0.6) is 0 Å². The molecule has 2 rings (SSSR count). The highest BCUT2D eigenvalue weighted by molar-refractivity contribution is 7.91. The first kappa shape index (κ1) is 13.1. The monoisotopic (exact) mass is 303 g/mol.